The molecule has 0 aliphatic rings. The molecule has 0 bridgehead atoms. The Labute approximate surface area is 106 Å². The second-order valence-corrected chi connectivity index (χ2v) is 4.69. The lowest BCUT2D eigenvalue weighted by Crippen LogP contribution is -2.22. The largest absolute Gasteiger partial charge is 0.309 e. The maximum Gasteiger partial charge on any atom is 0.0756 e. The summed E-state index contributed by atoms with van der Waals surface area (Å²) in [4.78, 5) is 8.51. The Balaban J connectivity index is 1.98. The first-order valence-corrected chi connectivity index (χ1v) is 6.84. The van der Waals surface area contributed by atoms with Crippen molar-refractivity contribution in [1.29, 1.82) is 0 Å². The van der Waals surface area contributed by atoms with Gasteiger partial charge in [0.1, 0.15) is 0 Å². The highest BCUT2D eigenvalue weighted by molar-refractivity contribution is 7.07. The fourth-order valence-corrected chi connectivity index (χ4v) is 2.54. The van der Waals surface area contributed by atoms with Gasteiger partial charge in [0.05, 0.1) is 11.7 Å². The molecule has 2 aromatic rings. The Morgan fingerprint density at radius 3 is 3.00 bits per heavy atom. The number of thiophene rings is 1. The number of nitrogens with zero attached hydrogens (tertiary/aromatic N) is 2. The van der Waals surface area contributed by atoms with Gasteiger partial charge in [-0.2, -0.15) is 11.3 Å². The SMILES string of the molecule is CCNC(CCc1ccsc1)c1cnccn1. The average molecular weight is 247 g/mol. The maximum absolute atomic E-state index is 4.38. The number of hydrogen-bond donors (Lipinski definition) is 1. The predicted octanol–water partition coefficient (Wildman–Crippen LogP) is 2.82. The third-order valence-corrected chi connectivity index (χ3v) is 3.42. The van der Waals surface area contributed by atoms with Crippen molar-refractivity contribution in [3.63, 3.8) is 0 Å². The minimum atomic E-state index is 0.300. The molecular weight excluding hydrogens is 230 g/mol. The highest BCUT2D eigenvalue weighted by atomic mass is 32.1. The van der Waals surface area contributed by atoms with Crippen LogP contribution in [0.5, 0.6) is 0 Å². The Morgan fingerprint density at radius 2 is 2.35 bits per heavy atom. The lowest BCUT2D eigenvalue weighted by atomic mass is 10.1. The van der Waals surface area contributed by atoms with Gasteiger partial charge in [0.15, 0.2) is 0 Å². The van der Waals surface area contributed by atoms with Gasteiger partial charge in [-0.25, -0.2) is 0 Å². The molecule has 0 saturated heterocycles. The maximum atomic E-state index is 4.38. The standard InChI is InChI=1S/C13H17N3S/c1-2-15-12(13-9-14-6-7-16-13)4-3-11-5-8-17-10-11/h5-10,12,15H,2-4H2,1H3. The zero-order chi connectivity index (χ0) is 11.9. The Morgan fingerprint density at radius 1 is 1.41 bits per heavy atom. The van der Waals surface area contributed by atoms with E-state index in [0.29, 0.717) is 6.04 Å². The van der Waals surface area contributed by atoms with Crippen LogP contribution < -0.4 is 5.32 Å². The van der Waals surface area contributed by atoms with E-state index in [4.69, 9.17) is 0 Å². The van der Waals surface area contributed by atoms with Crippen molar-refractivity contribution in [2.24, 2.45) is 0 Å². The summed E-state index contributed by atoms with van der Waals surface area (Å²) in [5, 5.41) is 7.80. The van der Waals surface area contributed by atoms with Crippen LogP contribution in [0.4, 0.5) is 0 Å². The summed E-state index contributed by atoms with van der Waals surface area (Å²) in [5.74, 6) is 0. The van der Waals surface area contributed by atoms with Crippen LogP contribution in [0.2, 0.25) is 0 Å². The van der Waals surface area contributed by atoms with Crippen molar-refractivity contribution >= 4 is 11.3 Å². The van der Waals surface area contributed by atoms with E-state index in [0.717, 1.165) is 25.1 Å². The third kappa shape index (κ3) is 3.61. The van der Waals surface area contributed by atoms with E-state index in [1.54, 1.807) is 23.7 Å². The quantitative estimate of drug-likeness (QED) is 0.853. The third-order valence-electron chi connectivity index (χ3n) is 2.69. The van der Waals surface area contributed by atoms with Crippen molar-refractivity contribution in [3.05, 3.63) is 46.7 Å². The molecule has 0 fully saturated rings. The molecule has 2 heterocycles. The summed E-state index contributed by atoms with van der Waals surface area (Å²) in [6, 6.07) is 2.48. The molecule has 1 N–H and O–H groups in total. The summed E-state index contributed by atoms with van der Waals surface area (Å²) in [5.41, 5.74) is 2.44. The first-order chi connectivity index (χ1) is 8.40. The highest BCUT2D eigenvalue weighted by Gasteiger charge is 2.11. The van der Waals surface area contributed by atoms with Gasteiger partial charge in [-0.1, -0.05) is 6.92 Å². The van der Waals surface area contributed by atoms with Crippen LogP contribution >= 0.6 is 11.3 Å². The van der Waals surface area contributed by atoms with E-state index in [1.807, 2.05) is 6.20 Å². The van der Waals surface area contributed by atoms with E-state index in [-0.39, 0.29) is 0 Å². The van der Waals surface area contributed by atoms with E-state index in [9.17, 15) is 0 Å². The molecule has 0 aromatic carbocycles. The van der Waals surface area contributed by atoms with Gasteiger partial charge in [-0.05, 0) is 41.8 Å². The van der Waals surface area contributed by atoms with Crippen molar-refractivity contribution < 1.29 is 0 Å². The van der Waals surface area contributed by atoms with Crippen molar-refractivity contribution in [1.82, 2.24) is 15.3 Å². The number of nitrogens with one attached hydrogen (secondary N) is 1. The molecule has 2 rings (SSSR count). The summed E-state index contributed by atoms with van der Waals surface area (Å²) < 4.78 is 0. The van der Waals surface area contributed by atoms with Gasteiger partial charge < -0.3 is 5.32 Å². The normalized spacial score (nSPS) is 12.5. The highest BCUT2D eigenvalue weighted by Crippen LogP contribution is 2.17. The fraction of sp³-hybridized carbons (Fsp3) is 0.385. The zero-order valence-corrected chi connectivity index (χ0v) is 10.8. The van der Waals surface area contributed by atoms with E-state index in [1.165, 1.54) is 5.56 Å². The first-order valence-electron chi connectivity index (χ1n) is 5.90. The molecule has 1 unspecified atom stereocenters. The molecule has 0 radical (unpaired) electrons. The summed E-state index contributed by atoms with van der Waals surface area (Å²) in [6.07, 6.45) is 7.46. The Bertz CT molecular complexity index is 413. The average Bonchev–Trinajstić information content (AvgIpc) is 2.88. The molecular formula is C13H17N3S. The molecule has 90 valence electrons. The topological polar surface area (TPSA) is 37.8 Å². The molecule has 1 atom stereocenters. The minimum absolute atomic E-state index is 0.300. The molecule has 4 heteroatoms. The Kier molecular flexibility index (Phi) is 4.64. The fourth-order valence-electron chi connectivity index (χ4n) is 1.84. The van der Waals surface area contributed by atoms with E-state index >= 15 is 0 Å². The van der Waals surface area contributed by atoms with Crippen LogP contribution in [0.15, 0.2) is 35.4 Å². The second-order valence-electron chi connectivity index (χ2n) is 3.91. The Hall–Kier alpha value is -1.26. The molecule has 0 amide bonds. The number of aromatic nitrogens is 2. The molecule has 17 heavy (non-hydrogen) atoms. The summed E-state index contributed by atoms with van der Waals surface area (Å²) in [6.45, 7) is 3.07. The number of rotatable bonds is 6. The molecule has 0 saturated carbocycles. The molecule has 2 aromatic heterocycles. The van der Waals surface area contributed by atoms with E-state index < -0.39 is 0 Å². The molecule has 0 aliphatic heterocycles. The predicted molar refractivity (Wildman–Crippen MR) is 71.1 cm³/mol. The van der Waals surface area contributed by atoms with Crippen molar-refractivity contribution in [3.8, 4) is 0 Å². The van der Waals surface area contributed by atoms with Crippen molar-refractivity contribution in [2.45, 2.75) is 25.8 Å². The van der Waals surface area contributed by atoms with Crippen molar-refractivity contribution in [2.75, 3.05) is 6.54 Å². The lowest BCUT2D eigenvalue weighted by molar-refractivity contribution is 0.502. The van der Waals surface area contributed by atoms with Gasteiger partial charge in [-0.3, -0.25) is 9.97 Å². The van der Waals surface area contributed by atoms with Crippen LogP contribution in [0.3, 0.4) is 0 Å². The van der Waals surface area contributed by atoms with Crippen LogP contribution in [0.25, 0.3) is 0 Å². The number of aryl methyl sites for hydroxylation is 1. The van der Waals surface area contributed by atoms with Crippen LogP contribution in [0.1, 0.15) is 30.6 Å². The monoisotopic (exact) mass is 247 g/mol. The van der Waals surface area contributed by atoms with Gasteiger partial charge in [0.2, 0.25) is 0 Å². The lowest BCUT2D eigenvalue weighted by Gasteiger charge is -2.16. The summed E-state index contributed by atoms with van der Waals surface area (Å²) >= 11 is 1.75. The van der Waals surface area contributed by atoms with Crippen LogP contribution in [-0.4, -0.2) is 16.5 Å². The van der Waals surface area contributed by atoms with E-state index in [2.05, 4.69) is 39.0 Å². The molecule has 0 spiro atoms. The summed E-state index contributed by atoms with van der Waals surface area (Å²) in [7, 11) is 0. The smallest absolute Gasteiger partial charge is 0.0756 e. The molecule has 3 nitrogen and oxygen atoms in total. The second kappa shape index (κ2) is 6.47. The van der Waals surface area contributed by atoms with Gasteiger partial charge in [0.25, 0.3) is 0 Å². The number of hydrogen-bond acceptors (Lipinski definition) is 4. The van der Waals surface area contributed by atoms with Crippen LogP contribution in [-0.2, 0) is 6.42 Å². The zero-order valence-electron chi connectivity index (χ0n) is 9.97. The van der Waals surface area contributed by atoms with Gasteiger partial charge in [0, 0.05) is 18.6 Å². The minimum Gasteiger partial charge on any atom is -0.309 e. The van der Waals surface area contributed by atoms with Gasteiger partial charge in [-0.15, -0.1) is 0 Å². The van der Waals surface area contributed by atoms with Gasteiger partial charge >= 0.3 is 0 Å². The van der Waals surface area contributed by atoms with Crippen LogP contribution in [0, 0.1) is 0 Å². The first kappa shape index (κ1) is 12.2. The molecule has 0 aliphatic carbocycles.